The molecule has 2 nitrogen and oxygen atoms in total. The van der Waals surface area contributed by atoms with E-state index in [1.54, 1.807) is 0 Å². The maximum absolute atomic E-state index is 6.75. The van der Waals surface area contributed by atoms with Crippen LogP contribution in [0.2, 0.25) is 0 Å². The topological polar surface area (TPSA) is 52.0 Å². The van der Waals surface area contributed by atoms with Crippen molar-refractivity contribution in [1.29, 1.82) is 0 Å². The first-order valence-corrected chi connectivity index (χ1v) is 8.10. The molecule has 4 bridgehead atoms. The zero-order valence-corrected chi connectivity index (χ0v) is 11.7. The maximum atomic E-state index is 6.75. The molecule has 7 atom stereocenters. The molecule has 4 fully saturated rings. The van der Waals surface area contributed by atoms with E-state index in [-0.39, 0.29) is 11.1 Å². The summed E-state index contributed by atoms with van der Waals surface area (Å²) in [6, 6.07) is 0. The first-order valence-electron chi connectivity index (χ1n) is 8.10. The number of hydrogen-bond donors (Lipinski definition) is 2. The zero-order valence-electron chi connectivity index (χ0n) is 11.7. The summed E-state index contributed by atoms with van der Waals surface area (Å²) in [5, 5.41) is 0. The SMILES string of the molecule is CCC1CC2(N)CC3CCC4(N)CC1C(C2)C3C4. The fourth-order valence-electron chi connectivity index (χ4n) is 6.48. The van der Waals surface area contributed by atoms with Crippen molar-refractivity contribution in [2.75, 3.05) is 0 Å². The van der Waals surface area contributed by atoms with Gasteiger partial charge in [-0.05, 0) is 74.5 Å². The average Bonchev–Trinajstić information content (AvgIpc) is 2.34. The molecule has 4 saturated carbocycles. The maximum Gasteiger partial charge on any atom is 0.0162 e. The normalized spacial score (nSPS) is 61.8. The summed E-state index contributed by atoms with van der Waals surface area (Å²) in [6.45, 7) is 2.36. The highest BCUT2D eigenvalue weighted by Gasteiger charge is 2.59. The summed E-state index contributed by atoms with van der Waals surface area (Å²) in [5.41, 5.74) is 13.8. The Balaban J connectivity index is 1.75. The first-order chi connectivity index (χ1) is 8.52. The van der Waals surface area contributed by atoms with Crippen molar-refractivity contribution < 1.29 is 0 Å². The zero-order chi connectivity index (χ0) is 12.5. The van der Waals surface area contributed by atoms with Gasteiger partial charge in [0.1, 0.15) is 0 Å². The molecule has 4 N–H and O–H groups in total. The highest BCUT2D eigenvalue weighted by molar-refractivity contribution is 5.13. The van der Waals surface area contributed by atoms with E-state index in [9.17, 15) is 0 Å². The van der Waals surface area contributed by atoms with E-state index in [1.807, 2.05) is 0 Å². The van der Waals surface area contributed by atoms with E-state index in [2.05, 4.69) is 6.92 Å². The summed E-state index contributed by atoms with van der Waals surface area (Å²) in [5.74, 6) is 4.51. The van der Waals surface area contributed by atoms with Gasteiger partial charge in [-0.1, -0.05) is 13.3 Å². The molecule has 0 aromatic heterocycles. The highest BCUT2D eigenvalue weighted by Crippen LogP contribution is 2.62. The van der Waals surface area contributed by atoms with Gasteiger partial charge in [-0.25, -0.2) is 0 Å². The van der Waals surface area contributed by atoms with Crippen LogP contribution in [-0.4, -0.2) is 11.1 Å². The van der Waals surface area contributed by atoms with E-state index >= 15 is 0 Å². The van der Waals surface area contributed by atoms with Gasteiger partial charge in [0.05, 0.1) is 0 Å². The van der Waals surface area contributed by atoms with Gasteiger partial charge >= 0.3 is 0 Å². The second kappa shape index (κ2) is 3.52. The van der Waals surface area contributed by atoms with Crippen LogP contribution >= 0.6 is 0 Å². The Morgan fingerprint density at radius 2 is 1.61 bits per heavy atom. The van der Waals surface area contributed by atoms with E-state index in [4.69, 9.17) is 11.5 Å². The third-order valence-electron chi connectivity index (χ3n) is 7.11. The van der Waals surface area contributed by atoms with Crippen LogP contribution in [0.1, 0.15) is 58.3 Å². The lowest BCUT2D eigenvalue weighted by molar-refractivity contribution is -0.108. The smallest absolute Gasteiger partial charge is 0.0162 e. The predicted molar refractivity (Wildman–Crippen MR) is 73.9 cm³/mol. The molecule has 4 rings (SSSR count). The quantitative estimate of drug-likeness (QED) is 0.749. The van der Waals surface area contributed by atoms with Crippen LogP contribution in [0.25, 0.3) is 0 Å². The minimum Gasteiger partial charge on any atom is -0.325 e. The monoisotopic (exact) mass is 248 g/mol. The minimum atomic E-state index is 0.189. The van der Waals surface area contributed by atoms with Crippen molar-refractivity contribution >= 4 is 0 Å². The number of hydrogen-bond acceptors (Lipinski definition) is 2. The summed E-state index contributed by atoms with van der Waals surface area (Å²) in [4.78, 5) is 0. The Kier molecular flexibility index (Phi) is 2.29. The van der Waals surface area contributed by atoms with Crippen LogP contribution < -0.4 is 11.5 Å². The van der Waals surface area contributed by atoms with Gasteiger partial charge in [-0.2, -0.15) is 0 Å². The number of fused-ring (bicyclic) bond motifs is 2. The Morgan fingerprint density at radius 3 is 2.39 bits per heavy atom. The van der Waals surface area contributed by atoms with Gasteiger partial charge in [0.15, 0.2) is 0 Å². The van der Waals surface area contributed by atoms with Crippen molar-refractivity contribution in [3.05, 3.63) is 0 Å². The summed E-state index contributed by atoms with van der Waals surface area (Å²) in [6.07, 6.45) is 10.4. The van der Waals surface area contributed by atoms with Crippen LogP contribution in [-0.2, 0) is 0 Å². The van der Waals surface area contributed by atoms with Crippen molar-refractivity contribution in [2.45, 2.75) is 69.4 Å². The van der Waals surface area contributed by atoms with Crippen LogP contribution in [0, 0.1) is 29.6 Å². The van der Waals surface area contributed by atoms with E-state index in [0.29, 0.717) is 0 Å². The molecule has 0 saturated heterocycles. The van der Waals surface area contributed by atoms with Crippen LogP contribution in [0.4, 0.5) is 0 Å². The fourth-order valence-corrected chi connectivity index (χ4v) is 6.48. The predicted octanol–water partition coefficient (Wildman–Crippen LogP) is 2.66. The summed E-state index contributed by atoms with van der Waals surface area (Å²) in [7, 11) is 0. The third kappa shape index (κ3) is 1.48. The molecular formula is C16H28N2. The van der Waals surface area contributed by atoms with Crippen LogP contribution in [0.15, 0.2) is 0 Å². The lowest BCUT2D eigenvalue weighted by Gasteiger charge is -2.64. The van der Waals surface area contributed by atoms with Crippen molar-refractivity contribution in [3.63, 3.8) is 0 Å². The molecule has 4 aliphatic rings. The molecule has 0 aromatic rings. The number of nitrogens with two attached hydrogens (primary N) is 2. The van der Waals surface area contributed by atoms with Gasteiger partial charge in [0.25, 0.3) is 0 Å². The molecule has 0 aliphatic heterocycles. The molecule has 0 aromatic carbocycles. The average molecular weight is 248 g/mol. The van der Waals surface area contributed by atoms with Crippen molar-refractivity contribution in [1.82, 2.24) is 0 Å². The van der Waals surface area contributed by atoms with Gasteiger partial charge in [0.2, 0.25) is 0 Å². The molecule has 0 amide bonds. The fraction of sp³-hybridized carbons (Fsp3) is 1.00. The van der Waals surface area contributed by atoms with Gasteiger partial charge in [-0.15, -0.1) is 0 Å². The Hall–Kier alpha value is -0.0800. The molecule has 102 valence electrons. The van der Waals surface area contributed by atoms with Gasteiger partial charge < -0.3 is 11.5 Å². The molecule has 0 radical (unpaired) electrons. The van der Waals surface area contributed by atoms with E-state index in [0.717, 1.165) is 29.6 Å². The Bertz CT molecular complexity index is 359. The lowest BCUT2D eigenvalue weighted by atomic mass is 9.43. The van der Waals surface area contributed by atoms with Crippen molar-refractivity contribution in [3.8, 4) is 0 Å². The van der Waals surface area contributed by atoms with E-state index < -0.39 is 0 Å². The molecule has 18 heavy (non-hydrogen) atoms. The third-order valence-corrected chi connectivity index (χ3v) is 7.11. The van der Waals surface area contributed by atoms with Gasteiger partial charge in [0, 0.05) is 11.1 Å². The Labute approximate surface area is 111 Å². The second-order valence-corrected chi connectivity index (χ2v) is 8.20. The number of rotatable bonds is 1. The first kappa shape index (κ1) is 11.7. The molecule has 0 heterocycles. The molecule has 7 unspecified atom stereocenters. The Morgan fingerprint density at radius 1 is 0.889 bits per heavy atom. The highest BCUT2D eigenvalue weighted by atomic mass is 14.8. The second-order valence-electron chi connectivity index (χ2n) is 8.20. The van der Waals surface area contributed by atoms with Crippen molar-refractivity contribution in [2.24, 2.45) is 41.1 Å². The standard InChI is InChI=1S/C16H28N2/c1-2-10-5-16(18)6-11-3-4-15(17)7-12(10)14(9-16)13(11)8-15/h10-14H,2-9,17-18H2,1H3. The molecule has 4 aliphatic carbocycles. The molecule has 2 heteroatoms. The van der Waals surface area contributed by atoms with Gasteiger partial charge in [-0.3, -0.25) is 0 Å². The largest absolute Gasteiger partial charge is 0.325 e. The van der Waals surface area contributed by atoms with E-state index in [1.165, 1.54) is 51.4 Å². The molecular weight excluding hydrogens is 220 g/mol. The van der Waals surface area contributed by atoms with Crippen LogP contribution in [0.3, 0.4) is 0 Å². The minimum absolute atomic E-state index is 0.189. The summed E-state index contributed by atoms with van der Waals surface area (Å²) < 4.78 is 0. The molecule has 0 spiro atoms. The lowest BCUT2D eigenvalue weighted by Crippen LogP contribution is -2.65. The summed E-state index contributed by atoms with van der Waals surface area (Å²) >= 11 is 0. The van der Waals surface area contributed by atoms with Crippen LogP contribution in [0.5, 0.6) is 0 Å².